The molecule has 18 heavy (non-hydrogen) atoms. The summed E-state index contributed by atoms with van der Waals surface area (Å²) in [6.45, 7) is 3.82. The lowest BCUT2D eigenvalue weighted by atomic mass is 10.1. The highest BCUT2D eigenvalue weighted by molar-refractivity contribution is 7.16. The summed E-state index contributed by atoms with van der Waals surface area (Å²) < 4.78 is 0. The first-order valence-electron chi connectivity index (χ1n) is 5.53. The Morgan fingerprint density at radius 1 is 1.00 bits per heavy atom. The second kappa shape index (κ2) is 8.18. The van der Waals surface area contributed by atoms with E-state index in [-0.39, 0.29) is 0 Å². The van der Waals surface area contributed by atoms with Crippen LogP contribution in [0.25, 0.3) is 0 Å². The maximum Gasteiger partial charge on any atom is 0.129 e. The normalized spacial score (nSPS) is 12.4. The fourth-order valence-electron chi connectivity index (χ4n) is 1.34. The van der Waals surface area contributed by atoms with Crippen LogP contribution in [0.4, 0.5) is 0 Å². The van der Waals surface area contributed by atoms with Crippen LogP contribution in [-0.2, 0) is 9.68 Å². The van der Waals surface area contributed by atoms with Crippen molar-refractivity contribution in [3.8, 4) is 0 Å². The molecule has 6 heteroatoms. The molecule has 0 spiro atoms. The maximum absolute atomic E-state index is 5.01. The highest BCUT2D eigenvalue weighted by atomic mass is 31.0. The molecule has 0 fully saturated rings. The van der Waals surface area contributed by atoms with Gasteiger partial charge in [-0.25, -0.2) is 0 Å². The highest BCUT2D eigenvalue weighted by Crippen LogP contribution is 2.09. The highest BCUT2D eigenvalue weighted by Gasteiger charge is 2.03. The van der Waals surface area contributed by atoms with Crippen LogP contribution < -0.4 is 0 Å². The fraction of sp³-hybridized carbons (Fsp3) is 0.333. The molecule has 1 aromatic carbocycles. The Morgan fingerprint density at radius 2 is 1.44 bits per heavy atom. The summed E-state index contributed by atoms with van der Waals surface area (Å²) in [7, 11) is 4.92. The van der Waals surface area contributed by atoms with Crippen molar-refractivity contribution in [3.05, 3.63) is 35.4 Å². The van der Waals surface area contributed by atoms with Crippen molar-refractivity contribution >= 4 is 29.9 Å². The van der Waals surface area contributed by atoms with Crippen LogP contribution in [0.2, 0.25) is 0 Å². The molecule has 0 heterocycles. The Bertz CT molecular complexity index is 410. The van der Waals surface area contributed by atoms with Crippen LogP contribution in [0.1, 0.15) is 25.0 Å². The number of rotatable bonds is 6. The van der Waals surface area contributed by atoms with E-state index >= 15 is 0 Å². The van der Waals surface area contributed by atoms with E-state index in [0.29, 0.717) is 12.7 Å². The molecule has 98 valence electrons. The van der Waals surface area contributed by atoms with E-state index < -0.39 is 0 Å². The molecule has 2 atom stereocenters. The van der Waals surface area contributed by atoms with E-state index in [0.717, 1.165) is 22.6 Å². The standard InChI is InChI=1S/C12H18N2O2P2/c1-9(13-15-7-17)11-4-3-5-12(6-11)10(2)14-16-8-18/h3-6H,7-8,17-18H2,1-2H3/b13-9-,14-10+. The van der Waals surface area contributed by atoms with Gasteiger partial charge in [0.05, 0.1) is 11.4 Å². The molecule has 0 aliphatic carbocycles. The Balaban J connectivity index is 2.92. The third kappa shape index (κ3) is 4.72. The van der Waals surface area contributed by atoms with Gasteiger partial charge in [0.2, 0.25) is 0 Å². The molecule has 0 N–H and O–H groups in total. The van der Waals surface area contributed by atoms with Gasteiger partial charge in [-0.2, -0.15) is 0 Å². The largest absolute Gasteiger partial charge is 0.392 e. The predicted molar refractivity (Wildman–Crippen MR) is 82.2 cm³/mol. The van der Waals surface area contributed by atoms with Gasteiger partial charge in [-0.3, -0.25) is 0 Å². The van der Waals surface area contributed by atoms with E-state index in [2.05, 4.69) is 28.8 Å². The van der Waals surface area contributed by atoms with Crippen molar-refractivity contribution in [3.63, 3.8) is 0 Å². The summed E-state index contributed by atoms with van der Waals surface area (Å²) in [5, 5.41) is 7.99. The minimum absolute atomic E-state index is 0.486. The van der Waals surface area contributed by atoms with Crippen molar-refractivity contribution in [1.29, 1.82) is 0 Å². The van der Waals surface area contributed by atoms with Crippen molar-refractivity contribution in [2.24, 2.45) is 10.3 Å². The number of nitrogens with zero attached hydrogens (tertiary/aromatic N) is 2. The predicted octanol–water partition coefficient (Wildman–Crippen LogP) is 2.83. The Labute approximate surface area is 112 Å². The number of hydrogen-bond donors (Lipinski definition) is 0. The minimum atomic E-state index is 0.486. The second-order valence-electron chi connectivity index (χ2n) is 3.53. The first kappa shape index (κ1) is 15.1. The van der Waals surface area contributed by atoms with E-state index in [1.54, 1.807) is 0 Å². The summed E-state index contributed by atoms with van der Waals surface area (Å²) in [6, 6.07) is 7.94. The topological polar surface area (TPSA) is 43.2 Å². The molecule has 0 aromatic heterocycles. The van der Waals surface area contributed by atoms with Crippen LogP contribution in [0.5, 0.6) is 0 Å². The first-order valence-corrected chi connectivity index (χ1v) is 7.16. The quantitative estimate of drug-likeness (QED) is 0.458. The molecule has 0 amide bonds. The summed E-state index contributed by atoms with van der Waals surface area (Å²) >= 11 is 0. The van der Waals surface area contributed by atoms with Gasteiger partial charge in [-0.15, -0.1) is 0 Å². The van der Waals surface area contributed by atoms with Gasteiger partial charge in [0.1, 0.15) is 12.7 Å². The Kier molecular flexibility index (Phi) is 6.85. The lowest BCUT2D eigenvalue weighted by Gasteiger charge is -2.05. The van der Waals surface area contributed by atoms with Gasteiger partial charge >= 0.3 is 0 Å². The minimum Gasteiger partial charge on any atom is -0.392 e. The SMILES string of the molecule is C/C(=N/OCP)c1cccc(/C(C)=N/OCP)c1. The van der Waals surface area contributed by atoms with Gasteiger partial charge in [0.15, 0.2) is 0 Å². The molecule has 0 aliphatic rings. The number of oxime groups is 2. The Morgan fingerprint density at radius 3 is 1.83 bits per heavy atom. The van der Waals surface area contributed by atoms with Gasteiger partial charge in [-0.1, -0.05) is 47.0 Å². The van der Waals surface area contributed by atoms with Gasteiger partial charge in [0.25, 0.3) is 0 Å². The Hall–Kier alpha value is -0.980. The van der Waals surface area contributed by atoms with Crippen molar-refractivity contribution in [2.45, 2.75) is 13.8 Å². The molecule has 0 saturated heterocycles. The molecule has 2 unspecified atom stereocenters. The van der Waals surface area contributed by atoms with Crippen LogP contribution in [0.3, 0.4) is 0 Å². The molecular weight excluding hydrogens is 266 g/mol. The zero-order chi connectivity index (χ0) is 13.4. The van der Waals surface area contributed by atoms with Gasteiger partial charge in [0, 0.05) is 0 Å². The van der Waals surface area contributed by atoms with E-state index in [9.17, 15) is 0 Å². The molecular formula is C12H18N2O2P2. The van der Waals surface area contributed by atoms with Crippen molar-refractivity contribution in [2.75, 3.05) is 12.7 Å². The second-order valence-corrected chi connectivity index (χ2v) is 4.19. The maximum atomic E-state index is 5.01. The van der Waals surface area contributed by atoms with Crippen LogP contribution >= 0.6 is 18.5 Å². The molecule has 4 nitrogen and oxygen atoms in total. The third-order valence-corrected chi connectivity index (χ3v) is 2.55. The number of benzene rings is 1. The van der Waals surface area contributed by atoms with Crippen LogP contribution in [-0.4, -0.2) is 24.1 Å². The van der Waals surface area contributed by atoms with E-state index in [4.69, 9.17) is 9.68 Å². The lowest BCUT2D eigenvalue weighted by molar-refractivity contribution is 0.196. The summed E-state index contributed by atoms with van der Waals surface area (Å²) in [6.07, 6.45) is 0.971. The molecule has 0 bridgehead atoms. The van der Waals surface area contributed by atoms with Gasteiger partial charge < -0.3 is 9.68 Å². The average Bonchev–Trinajstić information content (AvgIpc) is 2.42. The molecule has 1 aromatic rings. The van der Waals surface area contributed by atoms with E-state index in [1.807, 2.05) is 38.1 Å². The average molecular weight is 284 g/mol. The summed E-state index contributed by atoms with van der Waals surface area (Å²) in [5.74, 6) is 0. The van der Waals surface area contributed by atoms with Crippen molar-refractivity contribution in [1.82, 2.24) is 0 Å². The zero-order valence-electron chi connectivity index (χ0n) is 10.6. The first-order chi connectivity index (χ1) is 8.69. The summed E-state index contributed by atoms with van der Waals surface area (Å²) in [4.78, 5) is 10.0. The van der Waals surface area contributed by atoms with Crippen LogP contribution in [0, 0.1) is 0 Å². The molecule has 0 saturated carbocycles. The lowest BCUT2D eigenvalue weighted by Crippen LogP contribution is -2.01. The third-order valence-electron chi connectivity index (χ3n) is 2.25. The van der Waals surface area contributed by atoms with Crippen LogP contribution in [0.15, 0.2) is 34.6 Å². The van der Waals surface area contributed by atoms with Gasteiger partial charge in [-0.05, 0) is 31.0 Å². The smallest absolute Gasteiger partial charge is 0.129 e. The molecule has 0 radical (unpaired) electrons. The molecule has 1 rings (SSSR count). The van der Waals surface area contributed by atoms with E-state index in [1.165, 1.54) is 0 Å². The monoisotopic (exact) mass is 284 g/mol. The number of hydrogen-bond acceptors (Lipinski definition) is 4. The summed E-state index contributed by atoms with van der Waals surface area (Å²) in [5.41, 5.74) is 3.68. The van der Waals surface area contributed by atoms with Crippen molar-refractivity contribution < 1.29 is 9.68 Å². The fourth-order valence-corrected chi connectivity index (χ4v) is 1.49. The zero-order valence-corrected chi connectivity index (χ0v) is 12.9. The molecule has 0 aliphatic heterocycles.